The average molecular weight is 378 g/mol. The number of nitrogens with one attached hydrogen (secondary N) is 1. The van der Waals surface area contributed by atoms with E-state index < -0.39 is 11.7 Å². The van der Waals surface area contributed by atoms with Crippen molar-refractivity contribution in [2.45, 2.75) is 26.1 Å². The molecule has 1 heterocycles. The second-order valence-corrected chi connectivity index (χ2v) is 7.30. The Kier molecular flexibility index (Phi) is 4.80. The van der Waals surface area contributed by atoms with Crippen molar-refractivity contribution in [2.24, 2.45) is 0 Å². The smallest absolute Gasteiger partial charge is 0.309 e. The van der Waals surface area contributed by atoms with Gasteiger partial charge in [0.1, 0.15) is 0 Å². The Bertz CT molecular complexity index is 629. The third kappa shape index (κ3) is 3.49. The number of alkyl halides is 3. The van der Waals surface area contributed by atoms with Crippen molar-refractivity contribution in [3.05, 3.63) is 55.2 Å². The summed E-state index contributed by atoms with van der Waals surface area (Å²) in [5.74, 6) is 0. The standard InChI is InChI=1S/C15H15BrF3NS/c1-8-6-10(15(17,18)19)4-5-11(8)13(20-3)12-7-9(2)14(16)21-12/h4-7,13,20H,1-3H3. The molecule has 0 saturated heterocycles. The van der Waals surface area contributed by atoms with Crippen LogP contribution in [0.15, 0.2) is 28.1 Å². The average Bonchev–Trinajstić information content (AvgIpc) is 2.71. The number of rotatable bonds is 3. The van der Waals surface area contributed by atoms with Gasteiger partial charge in [0.2, 0.25) is 0 Å². The molecule has 0 aliphatic carbocycles. The summed E-state index contributed by atoms with van der Waals surface area (Å²) in [6.45, 7) is 3.71. The molecule has 0 aliphatic rings. The zero-order valence-electron chi connectivity index (χ0n) is 11.8. The molecule has 0 saturated carbocycles. The van der Waals surface area contributed by atoms with Gasteiger partial charge in [-0.15, -0.1) is 11.3 Å². The van der Waals surface area contributed by atoms with E-state index in [1.807, 2.05) is 20.0 Å². The second kappa shape index (κ2) is 6.10. The molecule has 6 heteroatoms. The molecule has 1 unspecified atom stereocenters. The van der Waals surface area contributed by atoms with Gasteiger partial charge in [-0.1, -0.05) is 6.07 Å². The van der Waals surface area contributed by atoms with Gasteiger partial charge in [0.25, 0.3) is 0 Å². The van der Waals surface area contributed by atoms with Crippen LogP contribution in [0.4, 0.5) is 13.2 Å². The van der Waals surface area contributed by atoms with Gasteiger partial charge in [-0.2, -0.15) is 13.2 Å². The number of benzene rings is 1. The van der Waals surface area contributed by atoms with Crippen molar-refractivity contribution in [1.29, 1.82) is 0 Å². The van der Waals surface area contributed by atoms with Crippen molar-refractivity contribution >= 4 is 27.3 Å². The Labute approximate surface area is 134 Å². The number of hydrogen-bond donors (Lipinski definition) is 1. The Hall–Kier alpha value is -0.850. The predicted molar refractivity (Wildman–Crippen MR) is 83.8 cm³/mol. The van der Waals surface area contributed by atoms with Crippen molar-refractivity contribution in [2.75, 3.05) is 7.05 Å². The molecule has 0 spiro atoms. The summed E-state index contributed by atoms with van der Waals surface area (Å²) >= 11 is 5.08. The molecule has 0 bridgehead atoms. The molecule has 1 atom stereocenters. The highest BCUT2D eigenvalue weighted by Gasteiger charge is 2.31. The van der Waals surface area contributed by atoms with E-state index in [1.54, 1.807) is 24.3 Å². The van der Waals surface area contributed by atoms with Gasteiger partial charge in [-0.3, -0.25) is 0 Å². The highest BCUT2D eigenvalue weighted by atomic mass is 79.9. The van der Waals surface area contributed by atoms with Gasteiger partial charge >= 0.3 is 6.18 Å². The number of aryl methyl sites for hydroxylation is 2. The first-order valence-electron chi connectivity index (χ1n) is 6.35. The maximum Gasteiger partial charge on any atom is 0.416 e. The lowest BCUT2D eigenvalue weighted by Crippen LogP contribution is -2.18. The SMILES string of the molecule is CNC(c1cc(C)c(Br)s1)c1ccc(C(F)(F)F)cc1C. The predicted octanol–water partition coefficient (Wildman–Crippen LogP) is 5.46. The molecular weight excluding hydrogens is 363 g/mol. The Morgan fingerprint density at radius 3 is 2.24 bits per heavy atom. The van der Waals surface area contributed by atoms with Crippen LogP contribution in [0.1, 0.15) is 33.2 Å². The van der Waals surface area contributed by atoms with Crippen LogP contribution in [0.2, 0.25) is 0 Å². The summed E-state index contributed by atoms with van der Waals surface area (Å²) < 4.78 is 39.3. The van der Waals surface area contributed by atoms with E-state index in [9.17, 15) is 13.2 Å². The maximum absolute atomic E-state index is 12.7. The van der Waals surface area contributed by atoms with Gasteiger partial charge < -0.3 is 5.32 Å². The summed E-state index contributed by atoms with van der Waals surface area (Å²) in [5.41, 5.74) is 2.01. The summed E-state index contributed by atoms with van der Waals surface area (Å²) in [6.07, 6.45) is -4.30. The molecule has 1 aromatic carbocycles. The van der Waals surface area contributed by atoms with Crippen LogP contribution < -0.4 is 5.32 Å². The van der Waals surface area contributed by atoms with Gasteiger partial charge in [0.15, 0.2) is 0 Å². The summed E-state index contributed by atoms with van der Waals surface area (Å²) in [4.78, 5) is 1.07. The zero-order chi connectivity index (χ0) is 15.8. The molecule has 2 rings (SSSR count). The van der Waals surface area contributed by atoms with E-state index in [1.165, 1.54) is 6.07 Å². The Morgan fingerprint density at radius 1 is 1.14 bits per heavy atom. The lowest BCUT2D eigenvalue weighted by Gasteiger charge is -2.19. The van der Waals surface area contributed by atoms with Crippen LogP contribution in [0.3, 0.4) is 0 Å². The van der Waals surface area contributed by atoms with E-state index in [2.05, 4.69) is 21.2 Å². The molecular formula is C15H15BrF3NS. The first-order chi connectivity index (χ1) is 9.74. The van der Waals surface area contributed by atoms with Crippen LogP contribution in [-0.4, -0.2) is 7.05 Å². The number of halogens is 4. The number of hydrogen-bond acceptors (Lipinski definition) is 2. The van der Waals surface area contributed by atoms with Crippen molar-refractivity contribution < 1.29 is 13.2 Å². The topological polar surface area (TPSA) is 12.0 Å². The van der Waals surface area contributed by atoms with Gasteiger partial charge in [-0.05, 0) is 71.7 Å². The molecule has 0 aliphatic heterocycles. The summed E-state index contributed by atoms with van der Waals surface area (Å²) in [7, 11) is 1.81. The molecule has 21 heavy (non-hydrogen) atoms. The Balaban J connectivity index is 2.43. The molecule has 1 aromatic heterocycles. The fourth-order valence-electron chi connectivity index (χ4n) is 2.25. The number of thiophene rings is 1. The quantitative estimate of drug-likeness (QED) is 0.749. The minimum atomic E-state index is -4.30. The second-order valence-electron chi connectivity index (χ2n) is 4.90. The minimum Gasteiger partial charge on any atom is -0.309 e. The zero-order valence-corrected chi connectivity index (χ0v) is 14.2. The highest BCUT2D eigenvalue weighted by Crippen LogP contribution is 2.37. The molecule has 114 valence electrons. The highest BCUT2D eigenvalue weighted by molar-refractivity contribution is 9.11. The maximum atomic E-state index is 12.7. The van der Waals surface area contributed by atoms with E-state index in [0.29, 0.717) is 5.56 Å². The molecule has 0 amide bonds. The molecule has 2 aromatic rings. The first kappa shape index (κ1) is 16.5. The fraction of sp³-hybridized carbons (Fsp3) is 0.333. The lowest BCUT2D eigenvalue weighted by atomic mass is 9.97. The summed E-state index contributed by atoms with van der Waals surface area (Å²) in [5, 5.41) is 3.18. The van der Waals surface area contributed by atoms with E-state index >= 15 is 0 Å². The van der Waals surface area contributed by atoms with Crippen molar-refractivity contribution in [3.8, 4) is 0 Å². The summed E-state index contributed by atoms with van der Waals surface area (Å²) in [6, 6.07) is 5.84. The van der Waals surface area contributed by atoms with Crippen LogP contribution in [0.25, 0.3) is 0 Å². The van der Waals surface area contributed by atoms with Crippen molar-refractivity contribution in [1.82, 2.24) is 5.32 Å². The largest absolute Gasteiger partial charge is 0.416 e. The van der Waals surface area contributed by atoms with Crippen LogP contribution in [-0.2, 0) is 6.18 Å². The van der Waals surface area contributed by atoms with Crippen LogP contribution in [0, 0.1) is 13.8 Å². The third-order valence-electron chi connectivity index (χ3n) is 3.36. The third-order valence-corrected chi connectivity index (χ3v) is 5.56. The van der Waals surface area contributed by atoms with Gasteiger partial charge in [0.05, 0.1) is 15.4 Å². The normalized spacial score (nSPS) is 13.5. The molecule has 1 N–H and O–H groups in total. The molecule has 0 fully saturated rings. The van der Waals surface area contributed by atoms with E-state index in [-0.39, 0.29) is 6.04 Å². The van der Waals surface area contributed by atoms with Gasteiger partial charge in [-0.25, -0.2) is 0 Å². The van der Waals surface area contributed by atoms with Crippen molar-refractivity contribution in [3.63, 3.8) is 0 Å². The van der Waals surface area contributed by atoms with Crippen LogP contribution >= 0.6 is 27.3 Å². The minimum absolute atomic E-state index is 0.109. The van der Waals surface area contributed by atoms with Crippen LogP contribution in [0.5, 0.6) is 0 Å². The lowest BCUT2D eigenvalue weighted by molar-refractivity contribution is -0.137. The van der Waals surface area contributed by atoms with E-state index in [4.69, 9.17) is 0 Å². The fourth-order valence-corrected chi connectivity index (χ4v) is 3.95. The first-order valence-corrected chi connectivity index (χ1v) is 7.96. The molecule has 0 radical (unpaired) electrons. The van der Waals surface area contributed by atoms with E-state index in [0.717, 1.165) is 25.9 Å². The monoisotopic (exact) mass is 377 g/mol. The van der Waals surface area contributed by atoms with Gasteiger partial charge in [0, 0.05) is 4.88 Å². The molecule has 1 nitrogen and oxygen atoms in total. The Morgan fingerprint density at radius 2 is 1.81 bits per heavy atom.